The van der Waals surface area contributed by atoms with Crippen LogP contribution in [0.15, 0.2) is 30.5 Å². The molecule has 0 aliphatic heterocycles. The number of anilines is 4. The van der Waals surface area contributed by atoms with E-state index in [1.54, 1.807) is 31.1 Å². The number of aromatic nitrogens is 1. The average Bonchev–Trinajstić information content (AvgIpc) is 3.19. The highest BCUT2D eigenvalue weighted by Gasteiger charge is 2.24. The minimum absolute atomic E-state index is 0.102. The first-order chi connectivity index (χ1) is 13.5. The van der Waals surface area contributed by atoms with Crippen LogP contribution in [-0.4, -0.2) is 31.1 Å². The van der Waals surface area contributed by atoms with Gasteiger partial charge in [0.1, 0.15) is 11.6 Å². The third-order valence-electron chi connectivity index (χ3n) is 4.95. The maximum Gasteiger partial charge on any atom is 0.387 e. The highest BCUT2D eigenvalue weighted by molar-refractivity contribution is 5.85. The van der Waals surface area contributed by atoms with Crippen LogP contribution >= 0.6 is 0 Å². The lowest BCUT2D eigenvalue weighted by atomic mass is 10.1. The zero-order valence-electron chi connectivity index (χ0n) is 15.9. The number of nitrogens with zero attached hydrogens (tertiary/aromatic N) is 2. The van der Waals surface area contributed by atoms with Gasteiger partial charge < -0.3 is 20.3 Å². The van der Waals surface area contributed by atoms with Crippen molar-refractivity contribution in [1.82, 2.24) is 4.98 Å². The van der Waals surface area contributed by atoms with Gasteiger partial charge in [-0.3, -0.25) is 4.79 Å². The molecule has 28 heavy (non-hydrogen) atoms. The largest absolute Gasteiger partial charge is 0.435 e. The fourth-order valence-corrected chi connectivity index (χ4v) is 3.53. The van der Waals surface area contributed by atoms with Crippen molar-refractivity contribution in [3.8, 4) is 5.75 Å². The van der Waals surface area contributed by atoms with E-state index < -0.39 is 6.61 Å². The molecule has 1 heterocycles. The molecule has 0 bridgehead atoms. The van der Waals surface area contributed by atoms with E-state index in [0.717, 1.165) is 54.7 Å². The Morgan fingerprint density at radius 1 is 1.25 bits per heavy atom. The van der Waals surface area contributed by atoms with Crippen molar-refractivity contribution in [2.45, 2.75) is 45.3 Å². The molecule has 8 heteroatoms. The summed E-state index contributed by atoms with van der Waals surface area (Å²) in [7, 11) is 1.79. The number of carbonyl (C=O) groups is 1. The standard InChI is InChI=1S/C20H24F2N4O2/c1-13-9-15(28-20(21)22)7-8-16(13)25-19-10-18(17(23-2)11-24-19)26(12-27)14-5-3-4-6-14/h7-12,14,20,23H,3-6H2,1-2H3,(H,24,25). The number of rotatable bonds is 8. The molecule has 6 nitrogen and oxygen atoms in total. The number of alkyl halides is 2. The normalized spacial score (nSPS) is 14.2. The van der Waals surface area contributed by atoms with Crippen LogP contribution in [0.25, 0.3) is 0 Å². The van der Waals surface area contributed by atoms with Gasteiger partial charge in [0.25, 0.3) is 0 Å². The second-order valence-corrected chi connectivity index (χ2v) is 6.77. The fraction of sp³-hybridized carbons (Fsp3) is 0.400. The van der Waals surface area contributed by atoms with Gasteiger partial charge in [0.15, 0.2) is 0 Å². The van der Waals surface area contributed by atoms with E-state index in [9.17, 15) is 13.6 Å². The van der Waals surface area contributed by atoms with Crippen molar-refractivity contribution >= 4 is 29.3 Å². The summed E-state index contributed by atoms with van der Waals surface area (Å²) in [5.74, 6) is 0.662. The molecule has 1 aromatic heterocycles. The Morgan fingerprint density at radius 2 is 2.00 bits per heavy atom. The summed E-state index contributed by atoms with van der Waals surface area (Å²) in [6, 6.07) is 6.68. The number of nitrogens with one attached hydrogen (secondary N) is 2. The third-order valence-corrected chi connectivity index (χ3v) is 4.95. The van der Waals surface area contributed by atoms with Gasteiger partial charge in [0.2, 0.25) is 6.41 Å². The molecular weight excluding hydrogens is 366 g/mol. The molecular formula is C20H24F2N4O2. The second kappa shape index (κ2) is 8.86. The Morgan fingerprint density at radius 3 is 2.61 bits per heavy atom. The summed E-state index contributed by atoms with van der Waals surface area (Å²) in [6.45, 7) is -1.07. The van der Waals surface area contributed by atoms with Crippen molar-refractivity contribution in [3.63, 3.8) is 0 Å². The first kappa shape index (κ1) is 19.9. The lowest BCUT2D eigenvalue weighted by Gasteiger charge is -2.27. The molecule has 150 valence electrons. The Kier molecular flexibility index (Phi) is 6.28. The van der Waals surface area contributed by atoms with Gasteiger partial charge in [-0.2, -0.15) is 8.78 Å². The number of hydrogen-bond donors (Lipinski definition) is 2. The van der Waals surface area contributed by atoms with Gasteiger partial charge >= 0.3 is 6.61 Å². The Hall–Kier alpha value is -2.90. The summed E-state index contributed by atoms with van der Waals surface area (Å²) in [5.41, 5.74) is 2.98. The van der Waals surface area contributed by atoms with E-state index in [4.69, 9.17) is 0 Å². The fourth-order valence-electron chi connectivity index (χ4n) is 3.53. The molecule has 0 spiro atoms. The van der Waals surface area contributed by atoms with Crippen molar-refractivity contribution < 1.29 is 18.3 Å². The molecule has 0 atom stereocenters. The predicted octanol–water partition coefficient (Wildman–Crippen LogP) is 4.68. The van der Waals surface area contributed by atoms with E-state index in [2.05, 4.69) is 20.4 Å². The van der Waals surface area contributed by atoms with Crippen LogP contribution in [0.3, 0.4) is 0 Å². The molecule has 1 amide bonds. The van der Waals surface area contributed by atoms with Gasteiger partial charge in [-0.15, -0.1) is 0 Å². The van der Waals surface area contributed by atoms with Gasteiger partial charge in [-0.25, -0.2) is 4.98 Å². The minimum atomic E-state index is -2.86. The van der Waals surface area contributed by atoms with Crippen LogP contribution in [0.1, 0.15) is 31.2 Å². The molecule has 3 rings (SSSR count). The van der Waals surface area contributed by atoms with E-state index in [1.165, 1.54) is 12.1 Å². The summed E-state index contributed by atoms with van der Waals surface area (Å²) in [6.07, 6.45) is 6.75. The smallest absolute Gasteiger partial charge is 0.387 e. The van der Waals surface area contributed by atoms with Crippen LogP contribution < -0.4 is 20.3 Å². The lowest BCUT2D eigenvalue weighted by Crippen LogP contribution is -2.32. The number of aryl methyl sites for hydroxylation is 1. The first-order valence-electron chi connectivity index (χ1n) is 9.25. The van der Waals surface area contributed by atoms with E-state index in [1.807, 2.05) is 6.07 Å². The quantitative estimate of drug-likeness (QED) is 0.641. The zero-order valence-corrected chi connectivity index (χ0v) is 15.9. The van der Waals surface area contributed by atoms with Crippen LogP contribution in [0, 0.1) is 6.92 Å². The summed E-state index contributed by atoms with van der Waals surface area (Å²) >= 11 is 0. The Bertz CT molecular complexity index is 826. The molecule has 1 aromatic carbocycles. The maximum atomic E-state index is 12.4. The molecule has 0 saturated heterocycles. The monoisotopic (exact) mass is 390 g/mol. The number of hydrogen-bond acceptors (Lipinski definition) is 5. The van der Waals surface area contributed by atoms with Gasteiger partial charge in [0, 0.05) is 24.8 Å². The molecule has 2 aromatic rings. The number of benzene rings is 1. The number of pyridine rings is 1. The molecule has 1 aliphatic rings. The molecule has 1 aliphatic carbocycles. The topological polar surface area (TPSA) is 66.5 Å². The Labute approximate surface area is 162 Å². The minimum Gasteiger partial charge on any atom is -0.435 e. The summed E-state index contributed by atoms with van der Waals surface area (Å²) < 4.78 is 29.2. The SMILES string of the molecule is CNc1cnc(Nc2ccc(OC(F)F)cc2C)cc1N(C=O)C1CCCC1. The Balaban J connectivity index is 1.86. The van der Waals surface area contributed by atoms with Crippen LogP contribution in [0.5, 0.6) is 5.75 Å². The van der Waals surface area contributed by atoms with Crippen molar-refractivity contribution in [2.24, 2.45) is 0 Å². The highest BCUT2D eigenvalue weighted by atomic mass is 19.3. The maximum absolute atomic E-state index is 12.4. The first-order valence-corrected chi connectivity index (χ1v) is 9.25. The molecule has 1 fully saturated rings. The second-order valence-electron chi connectivity index (χ2n) is 6.77. The van der Waals surface area contributed by atoms with Crippen molar-refractivity contribution in [1.29, 1.82) is 0 Å². The van der Waals surface area contributed by atoms with Gasteiger partial charge in [-0.05, 0) is 43.5 Å². The zero-order chi connectivity index (χ0) is 20.1. The number of amides is 1. The average molecular weight is 390 g/mol. The summed E-state index contributed by atoms with van der Waals surface area (Å²) in [4.78, 5) is 17.9. The molecule has 0 unspecified atom stereocenters. The van der Waals surface area contributed by atoms with Gasteiger partial charge in [0.05, 0.1) is 17.6 Å². The van der Waals surface area contributed by atoms with Crippen LogP contribution in [-0.2, 0) is 4.79 Å². The third kappa shape index (κ3) is 4.49. The number of carbonyl (C=O) groups excluding carboxylic acids is 1. The summed E-state index contributed by atoms with van der Waals surface area (Å²) in [5, 5.41) is 6.27. The van der Waals surface area contributed by atoms with Crippen molar-refractivity contribution in [2.75, 3.05) is 22.6 Å². The highest BCUT2D eigenvalue weighted by Crippen LogP contribution is 2.34. The van der Waals surface area contributed by atoms with Crippen LogP contribution in [0.4, 0.5) is 31.7 Å². The lowest BCUT2D eigenvalue weighted by molar-refractivity contribution is -0.107. The number of ether oxygens (including phenoxy) is 1. The molecule has 0 radical (unpaired) electrons. The molecule has 2 N–H and O–H groups in total. The van der Waals surface area contributed by atoms with Crippen LogP contribution in [0.2, 0.25) is 0 Å². The van der Waals surface area contributed by atoms with E-state index in [-0.39, 0.29) is 11.8 Å². The van der Waals surface area contributed by atoms with Crippen molar-refractivity contribution in [3.05, 3.63) is 36.0 Å². The van der Waals surface area contributed by atoms with Gasteiger partial charge in [-0.1, -0.05) is 12.8 Å². The van der Waals surface area contributed by atoms with E-state index in [0.29, 0.717) is 5.82 Å². The molecule has 1 saturated carbocycles. The van der Waals surface area contributed by atoms with E-state index >= 15 is 0 Å². The number of halogens is 2. The predicted molar refractivity (Wildman–Crippen MR) is 106 cm³/mol.